The van der Waals surface area contributed by atoms with Crippen molar-refractivity contribution in [3.05, 3.63) is 69.7 Å². The molecule has 0 aliphatic heterocycles. The third kappa shape index (κ3) is 7.32. The van der Waals surface area contributed by atoms with E-state index in [0.717, 1.165) is 80.8 Å². The highest BCUT2D eigenvalue weighted by atomic mass is 35.5. The first-order chi connectivity index (χ1) is 19.7. The minimum atomic E-state index is -0.309. The first kappa shape index (κ1) is 31.9. The van der Waals surface area contributed by atoms with Gasteiger partial charge in [-0.05, 0) is 87.1 Å². The summed E-state index contributed by atoms with van der Waals surface area (Å²) >= 11 is 3.29. The maximum Gasteiger partial charge on any atom is 0.303 e. The van der Waals surface area contributed by atoms with Crippen LogP contribution in [0.3, 0.4) is 0 Å². The third-order valence-electron chi connectivity index (χ3n) is 7.39. The molecule has 2 atom stereocenters. The van der Waals surface area contributed by atoms with E-state index < -0.39 is 0 Å². The van der Waals surface area contributed by atoms with Crippen LogP contribution >= 0.6 is 35.1 Å². The molecule has 0 saturated carbocycles. The molecule has 2 aliphatic rings. The second kappa shape index (κ2) is 14.0. The monoisotopic (exact) mass is 626 g/mol. The molecule has 2 unspecified atom stereocenters. The lowest BCUT2D eigenvalue weighted by molar-refractivity contribution is -0.147. The van der Waals surface area contributed by atoms with Gasteiger partial charge < -0.3 is 19.6 Å². The largest absolute Gasteiger partial charge is 0.457 e. The van der Waals surface area contributed by atoms with E-state index >= 15 is 0 Å². The smallest absolute Gasteiger partial charge is 0.303 e. The number of fused-ring (bicyclic) bond motifs is 2. The Kier molecular flexibility index (Phi) is 10.6. The highest BCUT2D eigenvalue weighted by Gasteiger charge is 2.27. The number of nitrogens with zero attached hydrogens (tertiary/aromatic N) is 4. The fourth-order valence-corrected chi connectivity index (χ4v) is 7.46. The van der Waals surface area contributed by atoms with Crippen molar-refractivity contribution in [2.75, 3.05) is 38.0 Å². The molecule has 6 rings (SSSR count). The van der Waals surface area contributed by atoms with Crippen LogP contribution < -0.4 is 9.80 Å². The Morgan fingerprint density at radius 3 is 1.69 bits per heavy atom. The summed E-state index contributed by atoms with van der Waals surface area (Å²) in [6, 6.07) is 16.8. The number of hydrogen-bond donors (Lipinski definition) is 1. The zero-order valence-corrected chi connectivity index (χ0v) is 27.2. The Bertz CT molecular complexity index is 1480. The summed E-state index contributed by atoms with van der Waals surface area (Å²) in [5.41, 5.74) is 6.79. The summed E-state index contributed by atoms with van der Waals surface area (Å²) in [4.78, 5) is 27.1. The molecule has 0 fully saturated rings. The maximum absolute atomic E-state index is 11.3. The third-order valence-corrected chi connectivity index (χ3v) is 9.88. The van der Waals surface area contributed by atoms with Gasteiger partial charge in [0.2, 0.25) is 0 Å². The van der Waals surface area contributed by atoms with Crippen LogP contribution in [0.5, 0.6) is 0 Å². The molecule has 2 aliphatic carbocycles. The highest BCUT2D eigenvalue weighted by molar-refractivity contribution is 7.15. The van der Waals surface area contributed by atoms with Crippen molar-refractivity contribution in [1.29, 1.82) is 0 Å². The molecule has 2 aromatic heterocycles. The Balaban J connectivity index is 0.000000190. The standard InChI is InChI=1S/C17H20N2O2S.C15H18N2OS.ClH/c1-11(20)21-15-6-4-5-14-16(15)22-17(18-14)12-7-9-13(10-8-12)19(2)3;1-17(2)11-8-6-10(7-9-11)15-16-12-4-3-5-13(18)14(12)19-15;/h7-10,15H,4-6H2,1-3H3;6-9,13,18H,3-5H2,1-2H3;1H. The minimum Gasteiger partial charge on any atom is -0.457 e. The predicted molar refractivity (Wildman–Crippen MR) is 176 cm³/mol. The molecule has 0 saturated heterocycles. The van der Waals surface area contributed by atoms with E-state index in [4.69, 9.17) is 14.7 Å². The number of aromatic nitrogens is 2. The van der Waals surface area contributed by atoms with Gasteiger partial charge in [-0.15, -0.1) is 35.1 Å². The number of aliphatic hydroxyl groups is 1. The van der Waals surface area contributed by atoms with Crippen molar-refractivity contribution < 1.29 is 14.6 Å². The van der Waals surface area contributed by atoms with Gasteiger partial charge in [0.05, 0.1) is 27.2 Å². The predicted octanol–water partition coefficient (Wildman–Crippen LogP) is 7.48. The second-order valence-electron chi connectivity index (χ2n) is 10.9. The fourth-order valence-electron chi connectivity index (χ4n) is 5.14. The topological polar surface area (TPSA) is 78.8 Å². The van der Waals surface area contributed by atoms with Crippen molar-refractivity contribution in [1.82, 2.24) is 9.97 Å². The summed E-state index contributed by atoms with van der Waals surface area (Å²) in [6.45, 7) is 1.47. The van der Waals surface area contributed by atoms with Crippen LogP contribution in [0.1, 0.15) is 66.0 Å². The molecular weight excluding hydrogens is 588 g/mol. The molecule has 224 valence electrons. The van der Waals surface area contributed by atoms with Crippen LogP contribution in [-0.2, 0) is 22.4 Å². The van der Waals surface area contributed by atoms with E-state index in [1.54, 1.807) is 22.7 Å². The molecular formula is C32H39ClN4O3S2. The number of esters is 1. The van der Waals surface area contributed by atoms with Gasteiger partial charge in [-0.25, -0.2) is 9.97 Å². The van der Waals surface area contributed by atoms with Crippen LogP contribution in [0.15, 0.2) is 48.5 Å². The Morgan fingerprint density at radius 1 is 0.786 bits per heavy atom. The average molecular weight is 627 g/mol. The van der Waals surface area contributed by atoms with Crippen molar-refractivity contribution in [2.45, 2.75) is 57.7 Å². The lowest BCUT2D eigenvalue weighted by Gasteiger charge is -2.20. The second-order valence-corrected chi connectivity index (χ2v) is 13.0. The van der Waals surface area contributed by atoms with Crippen LogP contribution in [0.2, 0.25) is 0 Å². The van der Waals surface area contributed by atoms with Gasteiger partial charge in [-0.2, -0.15) is 0 Å². The molecule has 0 amide bonds. The normalized spacial score (nSPS) is 17.1. The molecule has 0 bridgehead atoms. The van der Waals surface area contributed by atoms with Gasteiger partial charge in [0.1, 0.15) is 16.1 Å². The molecule has 7 nitrogen and oxygen atoms in total. The number of carbonyl (C=O) groups excluding carboxylic acids is 1. The first-order valence-corrected chi connectivity index (χ1v) is 15.7. The summed E-state index contributed by atoms with van der Waals surface area (Å²) in [5.74, 6) is -0.219. The molecule has 4 aromatic rings. The zero-order chi connectivity index (χ0) is 29.1. The van der Waals surface area contributed by atoms with Crippen LogP contribution in [0, 0.1) is 0 Å². The highest BCUT2D eigenvalue weighted by Crippen LogP contribution is 2.40. The van der Waals surface area contributed by atoms with E-state index in [0.29, 0.717) is 0 Å². The molecule has 2 heterocycles. The van der Waals surface area contributed by atoms with Gasteiger partial charge >= 0.3 is 5.97 Å². The van der Waals surface area contributed by atoms with Crippen molar-refractivity contribution in [3.8, 4) is 21.1 Å². The summed E-state index contributed by atoms with van der Waals surface area (Å²) < 4.78 is 5.44. The minimum absolute atomic E-state index is 0. The summed E-state index contributed by atoms with van der Waals surface area (Å²) in [7, 11) is 8.13. The maximum atomic E-state index is 11.3. The Hall–Kier alpha value is -2.98. The number of rotatable bonds is 5. The number of aryl methyl sites for hydroxylation is 2. The van der Waals surface area contributed by atoms with Crippen LogP contribution in [0.25, 0.3) is 21.1 Å². The first-order valence-electron chi connectivity index (χ1n) is 14.1. The summed E-state index contributed by atoms with van der Waals surface area (Å²) in [6.07, 6.45) is 5.37. The Morgan fingerprint density at radius 2 is 1.24 bits per heavy atom. The number of anilines is 2. The van der Waals surface area contributed by atoms with E-state index in [2.05, 4.69) is 58.3 Å². The van der Waals surface area contributed by atoms with Crippen LogP contribution in [-0.4, -0.2) is 49.2 Å². The van der Waals surface area contributed by atoms with E-state index in [9.17, 15) is 9.90 Å². The van der Waals surface area contributed by atoms with Crippen molar-refractivity contribution in [2.24, 2.45) is 0 Å². The van der Waals surface area contributed by atoms with Gasteiger partial charge in [-0.3, -0.25) is 4.79 Å². The fraction of sp³-hybridized carbons (Fsp3) is 0.406. The van der Waals surface area contributed by atoms with Crippen molar-refractivity contribution in [3.63, 3.8) is 0 Å². The van der Waals surface area contributed by atoms with Crippen molar-refractivity contribution >= 4 is 52.4 Å². The number of aliphatic hydroxyl groups excluding tert-OH is 1. The van der Waals surface area contributed by atoms with E-state index in [1.807, 2.05) is 28.2 Å². The molecule has 10 heteroatoms. The zero-order valence-electron chi connectivity index (χ0n) is 24.8. The Labute approximate surface area is 262 Å². The molecule has 0 radical (unpaired) electrons. The number of halogens is 1. The van der Waals surface area contributed by atoms with E-state index in [-0.39, 0.29) is 30.6 Å². The quantitative estimate of drug-likeness (QED) is 0.230. The number of hydrogen-bond acceptors (Lipinski definition) is 9. The van der Waals surface area contributed by atoms with E-state index in [1.165, 1.54) is 18.3 Å². The molecule has 42 heavy (non-hydrogen) atoms. The lowest BCUT2D eigenvalue weighted by Crippen LogP contribution is -2.13. The number of ether oxygens (including phenoxy) is 1. The van der Waals surface area contributed by atoms with Gasteiger partial charge in [0.15, 0.2) is 0 Å². The number of carbonyl (C=O) groups is 1. The molecule has 2 aromatic carbocycles. The molecule has 0 spiro atoms. The average Bonchev–Trinajstić information content (AvgIpc) is 3.60. The lowest BCUT2D eigenvalue weighted by atomic mass is 10.0. The summed E-state index contributed by atoms with van der Waals surface area (Å²) in [5, 5.41) is 12.0. The van der Waals surface area contributed by atoms with Gasteiger partial charge in [-0.1, -0.05) is 0 Å². The number of benzene rings is 2. The van der Waals surface area contributed by atoms with Crippen LogP contribution in [0.4, 0.5) is 11.4 Å². The van der Waals surface area contributed by atoms with Gasteiger partial charge in [0, 0.05) is 57.6 Å². The van der Waals surface area contributed by atoms with Gasteiger partial charge in [0.25, 0.3) is 0 Å². The SMILES string of the molecule is CC(=O)OC1CCCc2nc(-c3ccc(N(C)C)cc3)sc21.CN(C)c1ccc(-c2nc3c(s2)C(O)CCC3)cc1.Cl. The number of thiazole rings is 2. The molecule has 1 N–H and O–H groups in total.